The largest absolute Gasteiger partial charge is 0.316 e. The third-order valence-electron chi connectivity index (χ3n) is 4.67. The molecule has 4 nitrogen and oxygen atoms in total. The molecule has 1 aromatic carbocycles. The number of nitrogens with one attached hydrogen (secondary N) is 1. The number of amides is 2. The summed E-state index contributed by atoms with van der Waals surface area (Å²) in [4.78, 5) is 26.4. The van der Waals surface area contributed by atoms with Gasteiger partial charge in [0.05, 0.1) is 5.92 Å². The number of piperidine rings is 1. The second kappa shape index (κ2) is 5.60. The van der Waals surface area contributed by atoms with Crippen molar-refractivity contribution in [2.75, 3.05) is 19.6 Å². The van der Waals surface area contributed by atoms with Gasteiger partial charge in [0.2, 0.25) is 11.8 Å². The van der Waals surface area contributed by atoms with Crippen LogP contribution >= 0.6 is 0 Å². The lowest BCUT2D eigenvalue weighted by Crippen LogP contribution is -2.47. The molecule has 3 rings (SSSR count). The van der Waals surface area contributed by atoms with Gasteiger partial charge in [-0.05, 0) is 30.4 Å². The molecule has 1 N–H and O–H groups in total. The lowest BCUT2D eigenvalue weighted by Gasteiger charge is -2.36. The average molecular weight is 286 g/mol. The quantitative estimate of drug-likeness (QED) is 0.864. The summed E-state index contributed by atoms with van der Waals surface area (Å²) in [5.74, 6) is -0.350. The number of hydrogen-bond donors (Lipinski definition) is 1. The van der Waals surface area contributed by atoms with Gasteiger partial charge in [0.15, 0.2) is 0 Å². The number of nitrogens with zero attached hydrogens (tertiary/aromatic N) is 1. The van der Waals surface area contributed by atoms with Crippen LogP contribution in [0, 0.1) is 5.41 Å². The van der Waals surface area contributed by atoms with E-state index in [1.54, 1.807) is 0 Å². The number of carbonyl (C=O) groups excluding carboxylic acids is 2. The van der Waals surface area contributed by atoms with Crippen molar-refractivity contribution in [1.82, 2.24) is 10.2 Å². The maximum Gasteiger partial charge on any atom is 0.237 e. The predicted molar refractivity (Wildman–Crippen MR) is 80.7 cm³/mol. The Morgan fingerprint density at radius 3 is 2.71 bits per heavy atom. The molecule has 2 aliphatic heterocycles. The molecule has 4 heteroatoms. The predicted octanol–water partition coefficient (Wildman–Crippen LogP) is 1.92. The molecule has 0 saturated carbocycles. The topological polar surface area (TPSA) is 49.4 Å². The van der Waals surface area contributed by atoms with Crippen molar-refractivity contribution < 1.29 is 9.59 Å². The van der Waals surface area contributed by atoms with E-state index in [-0.39, 0.29) is 23.1 Å². The highest BCUT2D eigenvalue weighted by Gasteiger charge is 2.42. The SMILES string of the molecule is CC1(CN2C(=O)CC(c3ccccc3)C2=O)CCCNC1. The number of benzene rings is 1. The summed E-state index contributed by atoms with van der Waals surface area (Å²) in [6, 6.07) is 9.63. The van der Waals surface area contributed by atoms with Crippen LogP contribution < -0.4 is 5.32 Å². The van der Waals surface area contributed by atoms with Crippen molar-refractivity contribution in [1.29, 1.82) is 0 Å². The minimum absolute atomic E-state index is 0.00908. The van der Waals surface area contributed by atoms with Crippen LogP contribution in [0.5, 0.6) is 0 Å². The van der Waals surface area contributed by atoms with Gasteiger partial charge in [0.25, 0.3) is 0 Å². The Balaban J connectivity index is 1.75. The molecule has 1 aromatic rings. The number of rotatable bonds is 3. The average Bonchev–Trinajstić information content (AvgIpc) is 2.77. The number of hydrogen-bond acceptors (Lipinski definition) is 3. The van der Waals surface area contributed by atoms with Crippen molar-refractivity contribution >= 4 is 11.8 Å². The van der Waals surface area contributed by atoms with Crippen LogP contribution in [0.3, 0.4) is 0 Å². The first-order valence-corrected chi connectivity index (χ1v) is 7.69. The summed E-state index contributed by atoms with van der Waals surface area (Å²) >= 11 is 0. The zero-order valence-corrected chi connectivity index (χ0v) is 12.5. The van der Waals surface area contributed by atoms with Crippen LogP contribution in [0.1, 0.15) is 37.7 Å². The fourth-order valence-corrected chi connectivity index (χ4v) is 3.43. The summed E-state index contributed by atoms with van der Waals surface area (Å²) in [7, 11) is 0. The van der Waals surface area contributed by atoms with Crippen molar-refractivity contribution in [2.45, 2.75) is 32.1 Å². The van der Waals surface area contributed by atoms with Crippen molar-refractivity contribution in [3.05, 3.63) is 35.9 Å². The molecule has 0 aliphatic carbocycles. The molecule has 0 aromatic heterocycles. The first-order valence-electron chi connectivity index (χ1n) is 7.69. The van der Waals surface area contributed by atoms with Crippen molar-refractivity contribution in [2.24, 2.45) is 5.41 Å². The minimum Gasteiger partial charge on any atom is -0.316 e. The standard InChI is InChI=1S/C17H22N2O2/c1-17(8-5-9-18-11-17)12-19-15(20)10-14(16(19)21)13-6-3-2-4-7-13/h2-4,6-7,14,18H,5,8-12H2,1H3. The molecule has 2 unspecified atom stereocenters. The molecule has 2 saturated heterocycles. The third-order valence-corrected chi connectivity index (χ3v) is 4.67. The van der Waals surface area contributed by atoms with Crippen LogP contribution in [0.25, 0.3) is 0 Å². The molecule has 0 spiro atoms. The molecular weight excluding hydrogens is 264 g/mol. The Morgan fingerprint density at radius 2 is 2.05 bits per heavy atom. The van der Waals surface area contributed by atoms with Crippen LogP contribution in [-0.2, 0) is 9.59 Å². The third kappa shape index (κ3) is 2.86. The molecule has 2 amide bonds. The summed E-state index contributed by atoms with van der Waals surface area (Å²) in [6.45, 7) is 4.61. The molecule has 0 bridgehead atoms. The molecule has 21 heavy (non-hydrogen) atoms. The maximum absolute atomic E-state index is 12.6. The van der Waals surface area contributed by atoms with Gasteiger partial charge < -0.3 is 5.32 Å². The van der Waals surface area contributed by atoms with E-state index in [4.69, 9.17) is 0 Å². The molecule has 0 radical (unpaired) electrons. The lowest BCUT2D eigenvalue weighted by atomic mass is 9.82. The Bertz CT molecular complexity index is 535. The number of likely N-dealkylation sites (tertiary alicyclic amines) is 1. The number of imide groups is 1. The first-order chi connectivity index (χ1) is 10.1. The normalized spacial score (nSPS) is 30.0. The maximum atomic E-state index is 12.6. The molecule has 2 aliphatic rings. The van der Waals surface area contributed by atoms with Gasteiger partial charge in [0.1, 0.15) is 0 Å². The second-order valence-electron chi connectivity index (χ2n) is 6.58. The van der Waals surface area contributed by atoms with E-state index in [2.05, 4.69) is 12.2 Å². The smallest absolute Gasteiger partial charge is 0.237 e. The zero-order valence-electron chi connectivity index (χ0n) is 12.5. The van der Waals surface area contributed by atoms with E-state index in [0.717, 1.165) is 31.5 Å². The molecule has 2 fully saturated rings. The van der Waals surface area contributed by atoms with Crippen molar-refractivity contribution in [3.8, 4) is 0 Å². The Hall–Kier alpha value is -1.68. The van der Waals surface area contributed by atoms with E-state index in [1.165, 1.54) is 4.90 Å². The van der Waals surface area contributed by atoms with Crippen molar-refractivity contribution in [3.63, 3.8) is 0 Å². The summed E-state index contributed by atoms with van der Waals surface area (Å²) < 4.78 is 0. The fraction of sp³-hybridized carbons (Fsp3) is 0.529. The highest BCUT2D eigenvalue weighted by Crippen LogP contribution is 2.34. The van der Waals surface area contributed by atoms with Gasteiger partial charge >= 0.3 is 0 Å². The van der Waals surface area contributed by atoms with E-state index >= 15 is 0 Å². The van der Waals surface area contributed by atoms with E-state index in [1.807, 2.05) is 30.3 Å². The van der Waals surface area contributed by atoms with E-state index in [9.17, 15) is 9.59 Å². The van der Waals surface area contributed by atoms with E-state index in [0.29, 0.717) is 13.0 Å². The van der Waals surface area contributed by atoms with Gasteiger partial charge in [-0.25, -0.2) is 0 Å². The van der Waals surface area contributed by atoms with Gasteiger partial charge in [0, 0.05) is 19.5 Å². The molecular formula is C17H22N2O2. The summed E-state index contributed by atoms with van der Waals surface area (Å²) in [6.07, 6.45) is 2.48. The molecule has 2 atom stereocenters. The van der Waals surface area contributed by atoms with Crippen LogP contribution in [0.2, 0.25) is 0 Å². The lowest BCUT2D eigenvalue weighted by molar-refractivity contribution is -0.140. The first kappa shape index (κ1) is 14.3. The van der Waals surface area contributed by atoms with Gasteiger partial charge in [-0.3, -0.25) is 14.5 Å². The monoisotopic (exact) mass is 286 g/mol. The molecule has 112 valence electrons. The number of carbonyl (C=O) groups is 2. The Kier molecular flexibility index (Phi) is 3.81. The summed E-state index contributed by atoms with van der Waals surface area (Å²) in [5, 5.41) is 3.37. The molecule has 2 heterocycles. The Labute approximate surface area is 125 Å². The van der Waals surface area contributed by atoms with E-state index < -0.39 is 0 Å². The second-order valence-corrected chi connectivity index (χ2v) is 6.58. The minimum atomic E-state index is -0.293. The van der Waals surface area contributed by atoms with Gasteiger partial charge in [-0.1, -0.05) is 37.3 Å². The van der Waals surface area contributed by atoms with Crippen LogP contribution in [0.15, 0.2) is 30.3 Å². The zero-order chi connectivity index (χ0) is 14.9. The van der Waals surface area contributed by atoms with Gasteiger partial charge in [-0.15, -0.1) is 0 Å². The highest BCUT2D eigenvalue weighted by molar-refractivity contribution is 6.06. The van der Waals surface area contributed by atoms with Crippen LogP contribution in [0.4, 0.5) is 0 Å². The van der Waals surface area contributed by atoms with Gasteiger partial charge in [-0.2, -0.15) is 0 Å². The summed E-state index contributed by atoms with van der Waals surface area (Å²) in [5.41, 5.74) is 0.958. The van der Waals surface area contributed by atoms with Crippen LogP contribution in [-0.4, -0.2) is 36.3 Å². The Morgan fingerprint density at radius 1 is 1.29 bits per heavy atom. The fourth-order valence-electron chi connectivity index (χ4n) is 3.43. The highest BCUT2D eigenvalue weighted by atomic mass is 16.2.